The van der Waals surface area contributed by atoms with Crippen molar-refractivity contribution < 1.29 is 0 Å². The Hall–Kier alpha value is -2.08. The van der Waals surface area contributed by atoms with Gasteiger partial charge >= 0.3 is 0 Å². The molecule has 1 aliphatic rings. The summed E-state index contributed by atoms with van der Waals surface area (Å²) in [7, 11) is 0. The van der Waals surface area contributed by atoms with Crippen LogP contribution in [-0.4, -0.2) is 0 Å². The first-order valence-electron chi connectivity index (χ1n) is 8.58. The first-order chi connectivity index (χ1) is 11.1. The lowest BCUT2D eigenvalue weighted by atomic mass is 9.99. The van der Waals surface area contributed by atoms with Crippen LogP contribution in [-0.2, 0) is 0 Å². The summed E-state index contributed by atoms with van der Waals surface area (Å²) in [5.74, 6) is 0.601. The SMILES string of the molecule is C1=C(c2ccccc2)CCC1.C=C(C)c1cccc(C(C)C)c1. The lowest BCUT2D eigenvalue weighted by Gasteiger charge is -2.07. The highest BCUT2D eigenvalue weighted by Gasteiger charge is 2.05. The Balaban J connectivity index is 0.000000167. The molecule has 120 valence electrons. The predicted octanol–water partition coefficient (Wildman–Crippen LogP) is 7.10. The summed E-state index contributed by atoms with van der Waals surface area (Å²) in [6, 6.07) is 19.2. The highest BCUT2D eigenvalue weighted by Crippen LogP contribution is 2.26. The van der Waals surface area contributed by atoms with E-state index in [4.69, 9.17) is 0 Å². The number of hydrogen-bond acceptors (Lipinski definition) is 0. The van der Waals surface area contributed by atoms with E-state index in [-0.39, 0.29) is 0 Å². The third-order valence-corrected chi connectivity index (χ3v) is 4.23. The molecule has 0 saturated heterocycles. The molecule has 23 heavy (non-hydrogen) atoms. The molecule has 0 aromatic heterocycles. The molecular formula is C23H28. The van der Waals surface area contributed by atoms with Gasteiger partial charge in [-0.05, 0) is 54.4 Å². The fourth-order valence-corrected chi connectivity index (χ4v) is 2.75. The molecule has 2 aromatic rings. The van der Waals surface area contributed by atoms with Crippen molar-refractivity contribution >= 4 is 11.1 Å². The van der Waals surface area contributed by atoms with Gasteiger partial charge in [-0.3, -0.25) is 0 Å². The summed E-state index contributed by atoms with van der Waals surface area (Å²) in [4.78, 5) is 0. The molecule has 0 amide bonds. The molecule has 0 spiro atoms. The van der Waals surface area contributed by atoms with Crippen LogP contribution < -0.4 is 0 Å². The Morgan fingerprint density at radius 3 is 2.30 bits per heavy atom. The normalized spacial score (nSPS) is 13.3. The quantitative estimate of drug-likeness (QED) is 0.567. The van der Waals surface area contributed by atoms with Gasteiger partial charge in [0.25, 0.3) is 0 Å². The van der Waals surface area contributed by atoms with E-state index < -0.39 is 0 Å². The van der Waals surface area contributed by atoms with Crippen LogP contribution in [0, 0.1) is 0 Å². The van der Waals surface area contributed by atoms with Crippen LogP contribution in [0.15, 0.2) is 67.3 Å². The van der Waals surface area contributed by atoms with Gasteiger partial charge in [-0.1, -0.05) is 86.7 Å². The predicted molar refractivity (Wildman–Crippen MR) is 104 cm³/mol. The fraction of sp³-hybridized carbons (Fsp3) is 0.304. The highest BCUT2D eigenvalue weighted by molar-refractivity contribution is 5.66. The summed E-state index contributed by atoms with van der Waals surface area (Å²) in [5.41, 5.74) is 6.71. The molecular weight excluding hydrogens is 276 g/mol. The van der Waals surface area contributed by atoms with Crippen LogP contribution >= 0.6 is 0 Å². The van der Waals surface area contributed by atoms with Gasteiger partial charge < -0.3 is 0 Å². The van der Waals surface area contributed by atoms with E-state index in [1.807, 2.05) is 6.92 Å². The van der Waals surface area contributed by atoms with Crippen LogP contribution in [0.3, 0.4) is 0 Å². The van der Waals surface area contributed by atoms with Gasteiger partial charge in [0, 0.05) is 0 Å². The van der Waals surface area contributed by atoms with Crippen molar-refractivity contribution in [3.63, 3.8) is 0 Å². The second-order valence-corrected chi connectivity index (χ2v) is 6.55. The van der Waals surface area contributed by atoms with Gasteiger partial charge in [0.2, 0.25) is 0 Å². The second-order valence-electron chi connectivity index (χ2n) is 6.55. The average molecular weight is 304 g/mol. The lowest BCUT2D eigenvalue weighted by Crippen LogP contribution is -1.88. The van der Waals surface area contributed by atoms with Crippen molar-refractivity contribution in [2.45, 2.75) is 46.0 Å². The lowest BCUT2D eigenvalue weighted by molar-refractivity contribution is 0.866. The molecule has 2 aromatic carbocycles. The number of hydrogen-bond donors (Lipinski definition) is 0. The Morgan fingerprint density at radius 2 is 1.74 bits per heavy atom. The molecule has 0 heteroatoms. The summed E-state index contributed by atoms with van der Waals surface area (Å²) < 4.78 is 0. The summed E-state index contributed by atoms with van der Waals surface area (Å²) in [6.07, 6.45) is 6.23. The summed E-state index contributed by atoms with van der Waals surface area (Å²) >= 11 is 0. The minimum Gasteiger partial charge on any atom is -0.0955 e. The molecule has 0 heterocycles. The van der Waals surface area contributed by atoms with Crippen LogP contribution in [0.5, 0.6) is 0 Å². The van der Waals surface area contributed by atoms with E-state index in [2.05, 4.69) is 81.1 Å². The van der Waals surface area contributed by atoms with Gasteiger partial charge in [-0.2, -0.15) is 0 Å². The standard InChI is InChI=1S/C12H16.C11H12/c1-9(2)11-6-5-7-12(8-11)10(3)4;1-2-6-10(7-3-1)11-8-4-5-9-11/h5-8,10H,1H2,2-4H3;1-3,6-8H,4-5,9H2. The first-order valence-corrected chi connectivity index (χ1v) is 8.58. The van der Waals surface area contributed by atoms with E-state index in [0.29, 0.717) is 5.92 Å². The number of rotatable bonds is 3. The van der Waals surface area contributed by atoms with Gasteiger partial charge in [0.05, 0.1) is 0 Å². The van der Waals surface area contributed by atoms with Crippen molar-refractivity contribution in [1.82, 2.24) is 0 Å². The van der Waals surface area contributed by atoms with Crippen molar-refractivity contribution in [1.29, 1.82) is 0 Å². The third-order valence-electron chi connectivity index (χ3n) is 4.23. The van der Waals surface area contributed by atoms with Gasteiger partial charge in [-0.15, -0.1) is 0 Å². The minimum atomic E-state index is 0.601. The molecule has 0 aliphatic heterocycles. The Morgan fingerprint density at radius 1 is 1.00 bits per heavy atom. The molecule has 0 saturated carbocycles. The molecule has 0 nitrogen and oxygen atoms in total. The molecule has 0 unspecified atom stereocenters. The Labute approximate surface area is 141 Å². The second kappa shape index (κ2) is 8.53. The Bertz CT molecular complexity index is 659. The largest absolute Gasteiger partial charge is 0.0955 e. The van der Waals surface area contributed by atoms with Gasteiger partial charge in [-0.25, -0.2) is 0 Å². The third kappa shape index (κ3) is 5.25. The maximum absolute atomic E-state index is 3.93. The number of benzene rings is 2. The number of allylic oxidation sites excluding steroid dienone is 3. The topological polar surface area (TPSA) is 0 Å². The van der Waals surface area contributed by atoms with Crippen molar-refractivity contribution in [3.05, 3.63) is 83.9 Å². The molecule has 0 bridgehead atoms. The van der Waals surface area contributed by atoms with E-state index in [9.17, 15) is 0 Å². The summed E-state index contributed by atoms with van der Waals surface area (Å²) in [6.45, 7) is 10.4. The van der Waals surface area contributed by atoms with E-state index in [1.54, 1.807) is 0 Å². The van der Waals surface area contributed by atoms with Crippen LogP contribution in [0.4, 0.5) is 0 Å². The maximum atomic E-state index is 3.93. The van der Waals surface area contributed by atoms with Crippen LogP contribution in [0.2, 0.25) is 0 Å². The monoisotopic (exact) mass is 304 g/mol. The molecule has 3 rings (SSSR count). The zero-order valence-corrected chi connectivity index (χ0v) is 14.7. The van der Waals surface area contributed by atoms with Crippen LogP contribution in [0.1, 0.15) is 62.6 Å². The Kier molecular flexibility index (Phi) is 6.40. The minimum absolute atomic E-state index is 0.601. The van der Waals surface area contributed by atoms with E-state index in [1.165, 1.54) is 41.5 Å². The molecule has 0 atom stereocenters. The zero-order chi connectivity index (χ0) is 16.7. The van der Waals surface area contributed by atoms with Crippen molar-refractivity contribution in [2.24, 2.45) is 0 Å². The molecule has 1 aliphatic carbocycles. The van der Waals surface area contributed by atoms with Gasteiger partial charge in [0.15, 0.2) is 0 Å². The molecule has 0 fully saturated rings. The zero-order valence-electron chi connectivity index (χ0n) is 14.7. The smallest absolute Gasteiger partial charge is 0.0219 e. The summed E-state index contributed by atoms with van der Waals surface area (Å²) in [5, 5.41) is 0. The fourth-order valence-electron chi connectivity index (χ4n) is 2.75. The van der Waals surface area contributed by atoms with E-state index in [0.717, 1.165) is 5.57 Å². The van der Waals surface area contributed by atoms with Gasteiger partial charge in [0.1, 0.15) is 0 Å². The molecule has 0 N–H and O–H groups in total. The van der Waals surface area contributed by atoms with Crippen molar-refractivity contribution in [3.8, 4) is 0 Å². The first kappa shape index (κ1) is 17.3. The maximum Gasteiger partial charge on any atom is -0.0219 e. The van der Waals surface area contributed by atoms with Crippen molar-refractivity contribution in [2.75, 3.05) is 0 Å². The molecule has 0 radical (unpaired) electrons. The highest BCUT2D eigenvalue weighted by atomic mass is 14.1. The van der Waals surface area contributed by atoms with Crippen LogP contribution in [0.25, 0.3) is 11.1 Å². The average Bonchev–Trinajstić information content (AvgIpc) is 3.11. The van der Waals surface area contributed by atoms with E-state index >= 15 is 0 Å².